The third-order valence-corrected chi connectivity index (χ3v) is 8.00. The van der Waals surface area contributed by atoms with Gasteiger partial charge in [0.1, 0.15) is 12.1 Å². The lowest BCUT2D eigenvalue weighted by Gasteiger charge is -2.36. The molecule has 4 atom stereocenters. The average molecular weight is 574 g/mol. The maximum atomic E-state index is 13.8. The van der Waals surface area contributed by atoms with E-state index in [1.807, 2.05) is 34.6 Å². The molecule has 1 unspecified atom stereocenters. The van der Waals surface area contributed by atoms with E-state index in [0.29, 0.717) is 25.8 Å². The number of amides is 5. The number of Topliss-reactive ketones (excluding diaryl/α,β-unsaturated/α-hetero) is 2. The van der Waals surface area contributed by atoms with Gasteiger partial charge in [0, 0.05) is 19.0 Å². The molecule has 11 heteroatoms. The zero-order valence-electron chi connectivity index (χ0n) is 25.1. The average Bonchev–Trinajstić information content (AvgIpc) is 3.85. The number of carbonyl (C=O) groups is 6. The van der Waals surface area contributed by atoms with Gasteiger partial charge < -0.3 is 26.2 Å². The minimum absolute atomic E-state index is 0.0125. The van der Waals surface area contributed by atoms with E-state index < -0.39 is 59.1 Å². The minimum atomic E-state index is -0.975. The second-order valence-electron chi connectivity index (χ2n) is 13.1. The predicted octanol–water partition coefficient (Wildman–Crippen LogP) is 1.85. The Morgan fingerprint density at radius 3 is 2.15 bits per heavy atom. The highest BCUT2D eigenvalue weighted by molar-refractivity contribution is 6.38. The largest absolute Gasteiger partial charge is 0.346 e. The number of nitrogens with zero attached hydrogens (tertiary/aromatic N) is 1. The molecule has 2 saturated carbocycles. The molecule has 1 saturated heterocycles. The summed E-state index contributed by atoms with van der Waals surface area (Å²) in [6.45, 7) is 13.2. The van der Waals surface area contributed by atoms with Crippen LogP contribution in [0.15, 0.2) is 12.7 Å². The summed E-state index contributed by atoms with van der Waals surface area (Å²) >= 11 is 0. The van der Waals surface area contributed by atoms with Gasteiger partial charge in [0.15, 0.2) is 5.78 Å². The van der Waals surface area contributed by atoms with Gasteiger partial charge in [0.05, 0.1) is 12.1 Å². The van der Waals surface area contributed by atoms with Gasteiger partial charge in [0.25, 0.3) is 5.91 Å². The van der Waals surface area contributed by atoms with Gasteiger partial charge in [0.2, 0.25) is 17.6 Å². The van der Waals surface area contributed by atoms with Gasteiger partial charge in [-0.15, -0.1) is 6.58 Å². The molecular formula is C30H47N5O6. The molecule has 0 spiro atoms. The van der Waals surface area contributed by atoms with Crippen LogP contribution in [0, 0.1) is 23.2 Å². The van der Waals surface area contributed by atoms with Gasteiger partial charge in [-0.25, -0.2) is 4.79 Å². The maximum Gasteiger partial charge on any atom is 0.316 e. The number of likely N-dealkylation sites (tertiary alicyclic amines) is 1. The molecule has 3 rings (SSSR count). The van der Waals surface area contributed by atoms with Crippen LogP contribution in [-0.4, -0.2) is 77.5 Å². The highest BCUT2D eigenvalue weighted by Crippen LogP contribution is 2.34. The molecule has 3 fully saturated rings. The van der Waals surface area contributed by atoms with Gasteiger partial charge in [-0.1, -0.05) is 53.5 Å². The Balaban J connectivity index is 1.70. The van der Waals surface area contributed by atoms with Crippen molar-refractivity contribution >= 4 is 35.3 Å². The van der Waals surface area contributed by atoms with Crippen LogP contribution in [0.5, 0.6) is 0 Å². The molecule has 1 aliphatic heterocycles. The van der Waals surface area contributed by atoms with Crippen molar-refractivity contribution in [1.82, 2.24) is 26.2 Å². The fourth-order valence-electron chi connectivity index (χ4n) is 5.22. The van der Waals surface area contributed by atoms with Crippen molar-refractivity contribution in [2.75, 3.05) is 13.1 Å². The standard InChI is InChI=1S/C30H47N5O6/c1-7-14-31-27(39)24(37)20(16-18-10-11-18)32-26(38)21-9-8-15-35(21)28(40)25(30(4,5)6)34-29(41)33-22(17(2)3)23(36)19-12-13-19/h7,17-22,25H,1,8-16H2,2-6H3,(H,31,39)(H,32,38)(H2,33,34,41)/t20?,21-,22-,25+/m0/s1. The van der Waals surface area contributed by atoms with Crippen LogP contribution in [-0.2, 0) is 24.0 Å². The third kappa shape index (κ3) is 8.87. The Morgan fingerprint density at radius 1 is 0.951 bits per heavy atom. The number of urea groups is 1. The molecule has 0 bridgehead atoms. The minimum Gasteiger partial charge on any atom is -0.346 e. The predicted molar refractivity (Wildman–Crippen MR) is 153 cm³/mol. The highest BCUT2D eigenvalue weighted by Gasteiger charge is 2.44. The molecule has 0 aromatic rings. The summed E-state index contributed by atoms with van der Waals surface area (Å²) in [6, 6.07) is -4.02. The number of hydrogen-bond acceptors (Lipinski definition) is 6. The molecule has 0 aromatic carbocycles. The normalized spacial score (nSPS) is 20.9. The smallest absolute Gasteiger partial charge is 0.316 e. The molecule has 1 heterocycles. The quantitative estimate of drug-likeness (QED) is 0.184. The van der Waals surface area contributed by atoms with Crippen LogP contribution in [0.2, 0.25) is 0 Å². The van der Waals surface area contributed by atoms with Crippen molar-refractivity contribution in [2.24, 2.45) is 23.2 Å². The first-order valence-electron chi connectivity index (χ1n) is 14.9. The monoisotopic (exact) mass is 573 g/mol. The molecule has 5 amide bonds. The summed E-state index contributed by atoms with van der Waals surface area (Å²) in [6.07, 6.45) is 6.36. The van der Waals surface area contributed by atoms with E-state index in [1.54, 1.807) is 0 Å². The van der Waals surface area contributed by atoms with E-state index in [4.69, 9.17) is 0 Å². The summed E-state index contributed by atoms with van der Waals surface area (Å²) in [4.78, 5) is 79.7. The number of hydrogen-bond donors (Lipinski definition) is 4. The van der Waals surface area contributed by atoms with Crippen LogP contribution in [0.1, 0.15) is 79.6 Å². The molecular weight excluding hydrogens is 526 g/mol. The van der Waals surface area contributed by atoms with Crippen LogP contribution in [0.4, 0.5) is 4.79 Å². The van der Waals surface area contributed by atoms with Gasteiger partial charge in [-0.05, 0) is 49.4 Å². The van der Waals surface area contributed by atoms with Crippen molar-refractivity contribution in [3.8, 4) is 0 Å². The molecule has 2 aliphatic carbocycles. The van der Waals surface area contributed by atoms with Crippen LogP contribution in [0.25, 0.3) is 0 Å². The SMILES string of the molecule is C=CCNC(=O)C(=O)C(CC1CC1)NC(=O)[C@@H]1CCCN1C(=O)[C@@H](NC(=O)N[C@H](C(=O)C1CC1)C(C)C)C(C)(C)C. The lowest BCUT2D eigenvalue weighted by Crippen LogP contribution is -2.61. The van der Waals surface area contributed by atoms with Crippen molar-refractivity contribution in [3.63, 3.8) is 0 Å². The van der Waals surface area contributed by atoms with E-state index >= 15 is 0 Å². The van der Waals surface area contributed by atoms with E-state index in [0.717, 1.165) is 25.7 Å². The Bertz CT molecular complexity index is 1040. The topological polar surface area (TPSA) is 154 Å². The summed E-state index contributed by atoms with van der Waals surface area (Å²) in [5.74, 6) is -2.23. The molecule has 11 nitrogen and oxygen atoms in total. The molecule has 0 aromatic heterocycles. The molecule has 3 aliphatic rings. The Labute approximate surface area is 243 Å². The lowest BCUT2D eigenvalue weighted by molar-refractivity contribution is -0.143. The second kappa shape index (κ2) is 13.6. The van der Waals surface area contributed by atoms with Crippen LogP contribution >= 0.6 is 0 Å². The molecule has 4 N–H and O–H groups in total. The first kappa shape index (κ1) is 32.3. The Hall–Kier alpha value is -3.24. The Kier molecular flexibility index (Phi) is 10.7. The molecule has 41 heavy (non-hydrogen) atoms. The first-order valence-corrected chi connectivity index (χ1v) is 14.9. The van der Waals surface area contributed by atoms with Crippen LogP contribution in [0.3, 0.4) is 0 Å². The summed E-state index contributed by atoms with van der Waals surface area (Å²) in [5.41, 5.74) is -0.695. The highest BCUT2D eigenvalue weighted by atomic mass is 16.2. The summed E-state index contributed by atoms with van der Waals surface area (Å²) < 4.78 is 0. The van der Waals surface area contributed by atoms with Crippen molar-refractivity contribution in [1.29, 1.82) is 0 Å². The first-order chi connectivity index (χ1) is 19.2. The van der Waals surface area contributed by atoms with Crippen molar-refractivity contribution < 1.29 is 28.8 Å². The van der Waals surface area contributed by atoms with Crippen LogP contribution < -0.4 is 21.3 Å². The zero-order chi connectivity index (χ0) is 30.5. The van der Waals surface area contributed by atoms with Gasteiger partial charge >= 0.3 is 6.03 Å². The van der Waals surface area contributed by atoms with E-state index in [9.17, 15) is 28.8 Å². The fraction of sp³-hybridized carbons (Fsp3) is 0.733. The zero-order valence-corrected chi connectivity index (χ0v) is 25.1. The summed E-state index contributed by atoms with van der Waals surface area (Å²) in [5, 5.41) is 10.8. The lowest BCUT2D eigenvalue weighted by atomic mass is 9.85. The van der Waals surface area contributed by atoms with E-state index in [1.165, 1.54) is 11.0 Å². The van der Waals surface area contributed by atoms with Crippen molar-refractivity contribution in [2.45, 2.75) is 104 Å². The number of ketones is 2. The Morgan fingerprint density at radius 2 is 1.61 bits per heavy atom. The molecule has 0 radical (unpaired) electrons. The molecule has 228 valence electrons. The number of rotatable bonds is 14. The number of nitrogens with one attached hydrogen (secondary N) is 4. The fourth-order valence-corrected chi connectivity index (χ4v) is 5.22. The number of carbonyl (C=O) groups excluding carboxylic acids is 6. The van der Waals surface area contributed by atoms with E-state index in [-0.39, 0.29) is 30.1 Å². The van der Waals surface area contributed by atoms with Gasteiger partial charge in [-0.2, -0.15) is 0 Å². The van der Waals surface area contributed by atoms with Gasteiger partial charge in [-0.3, -0.25) is 24.0 Å². The second-order valence-corrected chi connectivity index (χ2v) is 13.1. The van der Waals surface area contributed by atoms with Crippen molar-refractivity contribution in [3.05, 3.63) is 12.7 Å². The van der Waals surface area contributed by atoms with E-state index in [2.05, 4.69) is 27.8 Å². The summed E-state index contributed by atoms with van der Waals surface area (Å²) in [7, 11) is 0. The third-order valence-electron chi connectivity index (χ3n) is 8.00. The maximum absolute atomic E-state index is 13.8.